The van der Waals surface area contributed by atoms with Crippen molar-refractivity contribution in [3.8, 4) is 28.3 Å². The fourth-order valence-corrected chi connectivity index (χ4v) is 5.84. The molecule has 0 saturated heterocycles. The number of nitrogens with one attached hydrogen (secondary N) is 1. The molecule has 9 nitrogen and oxygen atoms in total. The van der Waals surface area contributed by atoms with Gasteiger partial charge >= 0.3 is 5.97 Å². The predicted octanol–water partition coefficient (Wildman–Crippen LogP) is 8.57. The number of rotatable bonds is 7. The average molecular weight is 692 g/mol. The smallest absolute Gasteiger partial charge is 0.310 e. The van der Waals surface area contributed by atoms with Crippen molar-refractivity contribution in [2.45, 2.75) is 58.4 Å². The van der Waals surface area contributed by atoms with Crippen LogP contribution in [0.5, 0.6) is 5.75 Å². The number of halogens is 2. The number of carboxylic acids is 1. The Hall–Kier alpha value is -4.29. The molecular weight excluding hydrogens is 649 g/mol. The van der Waals surface area contributed by atoms with Gasteiger partial charge in [-0.2, -0.15) is 8.78 Å². The number of nitrogens with zero attached hydrogens (tertiary/aromatic N) is 4. The van der Waals surface area contributed by atoms with Crippen LogP contribution in [0.2, 0.25) is 0 Å². The molecule has 12 heteroatoms. The first-order valence-corrected chi connectivity index (χ1v) is 17.1. The lowest BCUT2D eigenvalue weighted by atomic mass is 9.93. The van der Waals surface area contributed by atoms with Crippen LogP contribution in [0.15, 0.2) is 78.0 Å². The molecule has 0 spiro atoms. The number of hydrogen-bond donors (Lipinski definition) is 2. The minimum atomic E-state index is -3.35. The maximum atomic E-state index is 16.0. The first kappa shape index (κ1) is 36.0. The zero-order chi connectivity index (χ0) is 35.2. The van der Waals surface area contributed by atoms with Gasteiger partial charge in [-0.25, -0.2) is 9.97 Å². The summed E-state index contributed by atoms with van der Waals surface area (Å²) >= 11 is 1.19. The van der Waals surface area contributed by atoms with E-state index in [1.165, 1.54) is 18.0 Å². The van der Waals surface area contributed by atoms with Crippen molar-refractivity contribution in [2.24, 2.45) is 10.8 Å². The number of alkyl halides is 2. The number of anilines is 2. The quantitative estimate of drug-likeness (QED) is 0.183. The Kier molecular flexibility index (Phi) is 11.1. The minimum absolute atomic E-state index is 0.0420. The largest absolute Gasteiger partial charge is 0.494 e. The number of hydrogen-bond acceptors (Lipinski definition) is 9. The highest BCUT2D eigenvalue weighted by Gasteiger charge is 2.36. The van der Waals surface area contributed by atoms with E-state index < -0.39 is 23.9 Å². The average Bonchev–Trinajstić information content (AvgIpc) is 3.06. The van der Waals surface area contributed by atoms with Crippen LogP contribution in [0.4, 0.5) is 20.4 Å². The fourth-order valence-electron chi connectivity index (χ4n) is 5.25. The summed E-state index contributed by atoms with van der Waals surface area (Å²) in [4.78, 5) is 28.2. The van der Waals surface area contributed by atoms with E-state index in [1.807, 2.05) is 41.3 Å². The Morgan fingerprint density at radius 3 is 2.59 bits per heavy atom. The number of ether oxygens (including phenoxy) is 2. The van der Waals surface area contributed by atoms with Gasteiger partial charge in [0.15, 0.2) is 5.82 Å². The van der Waals surface area contributed by atoms with Gasteiger partial charge < -0.3 is 24.2 Å². The molecule has 1 aliphatic heterocycles. The third kappa shape index (κ3) is 9.45. The molecule has 5 rings (SSSR count). The number of fused-ring (bicyclic) bond motifs is 6. The van der Waals surface area contributed by atoms with E-state index in [0.717, 1.165) is 6.42 Å². The van der Waals surface area contributed by atoms with Gasteiger partial charge in [0.2, 0.25) is 0 Å². The molecule has 0 amide bonds. The van der Waals surface area contributed by atoms with E-state index in [-0.39, 0.29) is 35.4 Å². The molecule has 0 radical (unpaired) electrons. The minimum Gasteiger partial charge on any atom is -0.494 e. The molecule has 0 unspecified atom stereocenters. The van der Waals surface area contributed by atoms with E-state index in [4.69, 9.17) is 24.4 Å². The summed E-state index contributed by atoms with van der Waals surface area (Å²) in [5.74, 6) is -2.74. The lowest BCUT2D eigenvalue weighted by molar-refractivity contribution is -0.146. The van der Waals surface area contributed by atoms with Crippen molar-refractivity contribution in [3.05, 3.63) is 78.5 Å². The SMILES string of the molecule is CC(C)(C)CCOc1cccc(-c2ncc3nc2-c2ccccc2C(F)(F)COCCCN(CC(C)(C)C(=O)O)c2cccc(n2)SN3)c1. The Balaban J connectivity index is 1.55. The lowest BCUT2D eigenvalue weighted by Crippen LogP contribution is -2.40. The standard InChI is InChI=1S/C37H43F2N5O4S/c1-35(2,3)17-20-48-26-12-8-11-25(21-26)32-33-27-13-6-7-14-28(27)37(38,39)24-47-19-10-18-44(23-36(4,5)34(45)46)30-15-9-16-31(42-30)49-43-29(41-33)22-40-32/h6-9,11-16,21-22H,10,17-20,23-24H2,1-5H3,(H,41,43)(H,45,46). The van der Waals surface area contributed by atoms with Crippen molar-refractivity contribution in [1.29, 1.82) is 0 Å². The Morgan fingerprint density at radius 2 is 1.82 bits per heavy atom. The zero-order valence-electron chi connectivity index (χ0n) is 28.5. The number of carboxylic acid groups (broad SMARTS) is 1. The molecule has 4 bridgehead atoms. The van der Waals surface area contributed by atoms with Crippen LogP contribution in [0.1, 0.15) is 53.0 Å². The van der Waals surface area contributed by atoms with Crippen molar-refractivity contribution >= 4 is 29.6 Å². The molecule has 3 heterocycles. The number of aliphatic carboxylic acids is 1. The van der Waals surface area contributed by atoms with Gasteiger partial charge in [-0.3, -0.25) is 9.78 Å². The zero-order valence-corrected chi connectivity index (χ0v) is 29.3. The van der Waals surface area contributed by atoms with Gasteiger partial charge in [-0.1, -0.05) is 63.2 Å². The molecule has 260 valence electrons. The second-order valence-corrected chi connectivity index (χ2v) is 14.8. The molecule has 2 N–H and O–H groups in total. The molecule has 0 saturated carbocycles. The Bertz CT molecular complexity index is 1770. The molecule has 0 atom stereocenters. The second-order valence-electron chi connectivity index (χ2n) is 13.9. The van der Waals surface area contributed by atoms with Crippen LogP contribution in [-0.2, 0) is 15.5 Å². The van der Waals surface area contributed by atoms with Crippen LogP contribution in [-0.4, -0.2) is 58.9 Å². The van der Waals surface area contributed by atoms with Crippen LogP contribution in [0.25, 0.3) is 22.5 Å². The third-order valence-corrected chi connectivity index (χ3v) is 8.78. The van der Waals surface area contributed by atoms with Gasteiger partial charge in [0.1, 0.15) is 23.2 Å². The van der Waals surface area contributed by atoms with E-state index in [2.05, 4.69) is 25.5 Å². The lowest BCUT2D eigenvalue weighted by Gasteiger charge is -2.31. The highest BCUT2D eigenvalue weighted by molar-refractivity contribution is 8.00. The molecule has 2 aromatic heterocycles. The summed E-state index contributed by atoms with van der Waals surface area (Å²) in [5.41, 5.74) is 0.422. The first-order valence-electron chi connectivity index (χ1n) is 16.3. The van der Waals surface area contributed by atoms with Crippen LogP contribution >= 0.6 is 11.9 Å². The van der Waals surface area contributed by atoms with Gasteiger partial charge in [-0.15, -0.1) is 0 Å². The maximum absolute atomic E-state index is 16.0. The number of pyridine rings is 1. The topological polar surface area (TPSA) is 110 Å². The maximum Gasteiger partial charge on any atom is 0.310 e. The van der Waals surface area contributed by atoms with Crippen LogP contribution < -0.4 is 14.4 Å². The van der Waals surface area contributed by atoms with Crippen LogP contribution in [0.3, 0.4) is 0 Å². The Morgan fingerprint density at radius 1 is 1.04 bits per heavy atom. The summed E-state index contributed by atoms with van der Waals surface area (Å²) in [7, 11) is 0. The summed E-state index contributed by atoms with van der Waals surface area (Å²) in [5, 5.41) is 10.4. The fraction of sp³-hybridized carbons (Fsp3) is 0.405. The predicted molar refractivity (Wildman–Crippen MR) is 189 cm³/mol. The molecule has 4 aromatic rings. The number of benzene rings is 2. The first-order chi connectivity index (χ1) is 23.2. The van der Waals surface area contributed by atoms with Gasteiger partial charge in [0, 0.05) is 48.3 Å². The number of carbonyl (C=O) groups is 1. The summed E-state index contributed by atoms with van der Waals surface area (Å²) in [6.07, 6.45) is 2.80. The van der Waals surface area contributed by atoms with Crippen molar-refractivity contribution in [3.63, 3.8) is 0 Å². The molecular formula is C37H43F2N5O4S. The highest BCUT2D eigenvalue weighted by Crippen LogP contribution is 2.40. The Labute approximate surface area is 290 Å². The van der Waals surface area contributed by atoms with E-state index in [9.17, 15) is 9.90 Å². The molecule has 0 fully saturated rings. The summed E-state index contributed by atoms with van der Waals surface area (Å²) < 4.78 is 46.8. The van der Waals surface area contributed by atoms with E-state index in [1.54, 1.807) is 44.3 Å². The van der Waals surface area contributed by atoms with Gasteiger partial charge in [0.05, 0.1) is 29.6 Å². The normalized spacial score (nSPS) is 15.4. The molecule has 1 aliphatic rings. The van der Waals surface area contributed by atoms with Crippen LogP contribution in [0, 0.1) is 10.8 Å². The summed E-state index contributed by atoms with van der Waals surface area (Å²) in [6.45, 7) is 10.0. The third-order valence-electron chi connectivity index (χ3n) is 8.04. The number of aromatic nitrogens is 3. The molecule has 49 heavy (non-hydrogen) atoms. The monoisotopic (exact) mass is 691 g/mol. The molecule has 2 aromatic carbocycles. The van der Waals surface area contributed by atoms with Crippen molar-refractivity contribution < 1.29 is 28.2 Å². The highest BCUT2D eigenvalue weighted by atomic mass is 32.2. The van der Waals surface area contributed by atoms with Crippen molar-refractivity contribution in [2.75, 3.05) is 42.5 Å². The molecule has 0 aliphatic carbocycles. The van der Waals surface area contributed by atoms with E-state index in [0.29, 0.717) is 53.2 Å². The van der Waals surface area contributed by atoms with Crippen molar-refractivity contribution in [1.82, 2.24) is 15.0 Å². The van der Waals surface area contributed by atoms with Gasteiger partial charge in [-0.05, 0) is 56.4 Å². The summed E-state index contributed by atoms with van der Waals surface area (Å²) in [6, 6.07) is 19.2. The van der Waals surface area contributed by atoms with E-state index >= 15 is 8.78 Å². The second kappa shape index (κ2) is 15.1. The van der Waals surface area contributed by atoms with Gasteiger partial charge in [0.25, 0.3) is 5.92 Å².